The SMILES string of the molecule is CC1c2ccsc2CCN1CC1(CC(=N)N)CC1. The van der Waals surface area contributed by atoms with Crippen molar-refractivity contribution in [2.24, 2.45) is 11.1 Å². The van der Waals surface area contributed by atoms with Crippen molar-refractivity contribution in [3.8, 4) is 0 Å². The van der Waals surface area contributed by atoms with E-state index < -0.39 is 0 Å². The lowest BCUT2D eigenvalue weighted by Gasteiger charge is -2.36. The minimum Gasteiger partial charge on any atom is -0.388 e. The average molecular weight is 263 g/mol. The highest BCUT2D eigenvalue weighted by molar-refractivity contribution is 7.10. The van der Waals surface area contributed by atoms with Gasteiger partial charge in [-0.1, -0.05) is 0 Å². The van der Waals surface area contributed by atoms with Crippen LogP contribution in [0.15, 0.2) is 11.4 Å². The predicted octanol–water partition coefficient (Wildman–Crippen LogP) is 2.77. The number of nitrogens with zero attached hydrogens (tertiary/aromatic N) is 1. The number of amidine groups is 1. The summed E-state index contributed by atoms with van der Waals surface area (Å²) in [6, 6.07) is 2.81. The largest absolute Gasteiger partial charge is 0.388 e. The van der Waals surface area contributed by atoms with Crippen LogP contribution in [0.3, 0.4) is 0 Å². The second-order valence-corrected chi connectivity index (χ2v) is 6.90. The Bertz CT molecular complexity index is 461. The standard InChI is InChI=1S/C14H21N3S/c1-10-11-3-7-18-12(11)2-6-17(10)9-14(4-5-14)8-13(15)16/h3,7,10H,2,4-6,8-9H2,1H3,(H3,15,16). The van der Waals surface area contributed by atoms with Gasteiger partial charge in [0.2, 0.25) is 0 Å². The lowest BCUT2D eigenvalue weighted by Crippen LogP contribution is -2.38. The number of nitrogens with one attached hydrogen (secondary N) is 1. The van der Waals surface area contributed by atoms with E-state index in [1.807, 2.05) is 11.3 Å². The van der Waals surface area contributed by atoms with Crippen molar-refractivity contribution in [2.45, 2.75) is 38.6 Å². The summed E-state index contributed by atoms with van der Waals surface area (Å²) in [5.74, 6) is 0.355. The third-order valence-corrected chi connectivity index (χ3v) is 5.46. The van der Waals surface area contributed by atoms with Crippen molar-refractivity contribution in [1.29, 1.82) is 5.41 Å². The second kappa shape index (κ2) is 4.35. The molecule has 3 nitrogen and oxygen atoms in total. The van der Waals surface area contributed by atoms with Crippen LogP contribution in [-0.2, 0) is 6.42 Å². The topological polar surface area (TPSA) is 53.1 Å². The van der Waals surface area contributed by atoms with Crippen LogP contribution in [0.5, 0.6) is 0 Å². The summed E-state index contributed by atoms with van der Waals surface area (Å²) < 4.78 is 0. The van der Waals surface area contributed by atoms with Crippen molar-refractivity contribution in [3.63, 3.8) is 0 Å². The molecule has 0 saturated heterocycles. The minimum absolute atomic E-state index is 0.327. The molecule has 18 heavy (non-hydrogen) atoms. The molecule has 1 atom stereocenters. The molecule has 4 heteroatoms. The molecule has 1 saturated carbocycles. The fraction of sp³-hybridized carbons (Fsp3) is 0.643. The van der Waals surface area contributed by atoms with Gasteiger partial charge in [0.15, 0.2) is 0 Å². The molecular weight excluding hydrogens is 242 g/mol. The third kappa shape index (κ3) is 2.19. The van der Waals surface area contributed by atoms with E-state index in [0.717, 1.165) is 19.5 Å². The van der Waals surface area contributed by atoms with Gasteiger partial charge >= 0.3 is 0 Å². The summed E-state index contributed by atoms with van der Waals surface area (Å²) in [6.07, 6.45) is 4.46. The molecule has 1 aromatic rings. The minimum atomic E-state index is 0.327. The fourth-order valence-electron chi connectivity index (χ4n) is 3.18. The van der Waals surface area contributed by atoms with Gasteiger partial charge in [0.1, 0.15) is 0 Å². The quantitative estimate of drug-likeness (QED) is 0.648. The maximum Gasteiger partial charge on any atom is 0.0911 e. The first-order valence-corrected chi connectivity index (χ1v) is 7.61. The zero-order valence-corrected chi connectivity index (χ0v) is 11.7. The maximum atomic E-state index is 7.51. The molecule has 98 valence electrons. The van der Waals surface area contributed by atoms with Crippen molar-refractivity contribution >= 4 is 17.2 Å². The molecule has 0 spiro atoms. The van der Waals surface area contributed by atoms with Crippen molar-refractivity contribution in [2.75, 3.05) is 13.1 Å². The third-order valence-electron chi connectivity index (χ3n) is 4.46. The zero-order valence-electron chi connectivity index (χ0n) is 10.9. The highest BCUT2D eigenvalue weighted by Crippen LogP contribution is 2.50. The van der Waals surface area contributed by atoms with Crippen LogP contribution in [0.25, 0.3) is 0 Å². The summed E-state index contributed by atoms with van der Waals surface area (Å²) in [5.41, 5.74) is 7.43. The Hall–Kier alpha value is -0.870. The van der Waals surface area contributed by atoms with Crippen LogP contribution in [0.1, 0.15) is 42.7 Å². The van der Waals surface area contributed by atoms with Gasteiger partial charge in [-0.25, -0.2) is 0 Å². The van der Waals surface area contributed by atoms with Crippen LogP contribution in [-0.4, -0.2) is 23.8 Å². The number of fused-ring (bicyclic) bond motifs is 1. The van der Waals surface area contributed by atoms with Gasteiger partial charge in [0.05, 0.1) is 5.84 Å². The van der Waals surface area contributed by atoms with E-state index in [2.05, 4.69) is 23.3 Å². The normalized spacial score (nSPS) is 25.7. The Balaban J connectivity index is 1.70. The number of hydrogen-bond acceptors (Lipinski definition) is 3. The Morgan fingerprint density at radius 3 is 3.06 bits per heavy atom. The lowest BCUT2D eigenvalue weighted by molar-refractivity contribution is 0.161. The van der Waals surface area contributed by atoms with Crippen LogP contribution in [0, 0.1) is 10.8 Å². The molecule has 3 rings (SSSR count). The molecule has 2 heterocycles. The van der Waals surface area contributed by atoms with Gasteiger partial charge in [0, 0.05) is 30.4 Å². The second-order valence-electron chi connectivity index (χ2n) is 5.90. The van der Waals surface area contributed by atoms with Gasteiger partial charge in [-0.3, -0.25) is 10.3 Å². The molecule has 1 aromatic heterocycles. The summed E-state index contributed by atoms with van der Waals surface area (Å²) >= 11 is 1.89. The summed E-state index contributed by atoms with van der Waals surface area (Å²) in [4.78, 5) is 4.15. The Kier molecular flexibility index (Phi) is 2.94. The Morgan fingerprint density at radius 1 is 1.61 bits per heavy atom. The molecule has 0 bridgehead atoms. The van der Waals surface area contributed by atoms with E-state index in [4.69, 9.17) is 11.1 Å². The molecule has 3 N–H and O–H groups in total. The first-order valence-electron chi connectivity index (χ1n) is 6.73. The average Bonchev–Trinajstić information content (AvgIpc) is 2.89. The number of hydrogen-bond donors (Lipinski definition) is 2. The first kappa shape index (κ1) is 12.2. The van der Waals surface area contributed by atoms with Crippen molar-refractivity contribution in [1.82, 2.24) is 4.90 Å². The lowest BCUT2D eigenvalue weighted by atomic mass is 9.96. The summed E-state index contributed by atoms with van der Waals surface area (Å²) in [6.45, 7) is 4.59. The van der Waals surface area contributed by atoms with E-state index in [1.165, 1.54) is 24.8 Å². The highest BCUT2D eigenvalue weighted by Gasteiger charge is 2.45. The molecule has 2 aliphatic rings. The zero-order chi connectivity index (χ0) is 12.8. The van der Waals surface area contributed by atoms with Crippen molar-refractivity contribution < 1.29 is 0 Å². The van der Waals surface area contributed by atoms with Crippen LogP contribution >= 0.6 is 11.3 Å². The number of nitrogens with two attached hydrogens (primary N) is 1. The molecule has 0 aromatic carbocycles. The number of rotatable bonds is 4. The first-order chi connectivity index (χ1) is 8.60. The molecule has 0 radical (unpaired) electrons. The van der Waals surface area contributed by atoms with Gasteiger partial charge in [-0.15, -0.1) is 11.3 Å². The van der Waals surface area contributed by atoms with E-state index in [0.29, 0.717) is 17.3 Å². The predicted molar refractivity (Wildman–Crippen MR) is 76.2 cm³/mol. The molecule has 1 aliphatic heterocycles. The smallest absolute Gasteiger partial charge is 0.0911 e. The van der Waals surface area contributed by atoms with E-state index >= 15 is 0 Å². The van der Waals surface area contributed by atoms with Crippen LogP contribution < -0.4 is 5.73 Å². The molecule has 1 fully saturated rings. The molecule has 1 aliphatic carbocycles. The number of thiophene rings is 1. The molecule has 1 unspecified atom stereocenters. The fourth-order valence-corrected chi connectivity index (χ4v) is 4.14. The van der Waals surface area contributed by atoms with Gasteiger partial charge in [0.25, 0.3) is 0 Å². The Labute approximate surface area is 112 Å². The summed E-state index contributed by atoms with van der Waals surface area (Å²) in [7, 11) is 0. The monoisotopic (exact) mass is 263 g/mol. The van der Waals surface area contributed by atoms with E-state index in [-0.39, 0.29) is 0 Å². The van der Waals surface area contributed by atoms with Gasteiger partial charge in [-0.2, -0.15) is 0 Å². The van der Waals surface area contributed by atoms with Crippen LogP contribution in [0.4, 0.5) is 0 Å². The highest BCUT2D eigenvalue weighted by atomic mass is 32.1. The molecule has 0 amide bonds. The van der Waals surface area contributed by atoms with E-state index in [9.17, 15) is 0 Å². The summed E-state index contributed by atoms with van der Waals surface area (Å²) in [5, 5.41) is 9.73. The maximum absolute atomic E-state index is 7.51. The Morgan fingerprint density at radius 2 is 2.39 bits per heavy atom. The van der Waals surface area contributed by atoms with E-state index in [1.54, 1.807) is 4.88 Å². The van der Waals surface area contributed by atoms with Gasteiger partial charge < -0.3 is 5.73 Å². The van der Waals surface area contributed by atoms with Crippen LogP contribution in [0.2, 0.25) is 0 Å². The van der Waals surface area contributed by atoms with Gasteiger partial charge in [-0.05, 0) is 48.6 Å². The molecular formula is C14H21N3S. The van der Waals surface area contributed by atoms with Crippen molar-refractivity contribution in [3.05, 3.63) is 21.9 Å².